The molecule has 0 heterocycles. The molecule has 0 fully saturated rings. The summed E-state index contributed by atoms with van der Waals surface area (Å²) < 4.78 is 138. The van der Waals surface area contributed by atoms with E-state index < -0.39 is 49.1 Å². The average molecular weight is 326 g/mol. The predicted molar refractivity (Wildman–Crippen MR) is 45.6 cm³/mol. The second-order valence-electron chi connectivity index (χ2n) is 4.40. The molecule has 11 heteroatoms. The molecule has 1 unspecified atom stereocenters. The topological polar surface area (TPSA) is 0 Å². The average Bonchev–Trinajstić information content (AvgIpc) is 2.12. The van der Waals surface area contributed by atoms with Crippen molar-refractivity contribution in [2.45, 2.75) is 56.1 Å². The zero-order chi connectivity index (χ0) is 16.8. The van der Waals surface area contributed by atoms with E-state index in [1.54, 1.807) is 0 Å². The van der Waals surface area contributed by atoms with Gasteiger partial charge in [-0.1, -0.05) is 0 Å². The molecule has 0 aromatic carbocycles. The first-order chi connectivity index (χ1) is 8.40. The van der Waals surface area contributed by atoms with E-state index in [2.05, 4.69) is 0 Å². The number of alkyl halides is 11. The molecule has 0 spiro atoms. The fourth-order valence-electron chi connectivity index (χ4n) is 1.04. The molecule has 0 nitrogen and oxygen atoms in total. The summed E-state index contributed by atoms with van der Waals surface area (Å²) in [6, 6.07) is 0. The van der Waals surface area contributed by atoms with E-state index in [0.29, 0.717) is 0 Å². The maximum atomic E-state index is 13.2. The standard InChI is InChI=1S/C9H9F11/c1-5(12,6(2,13)14)7(15,16)3-8(17,18)9(19,20)4(10)11/h4H,3H2,1-2H3. The van der Waals surface area contributed by atoms with Crippen molar-refractivity contribution in [1.82, 2.24) is 0 Å². The molecule has 20 heavy (non-hydrogen) atoms. The van der Waals surface area contributed by atoms with Crippen LogP contribution in [0.3, 0.4) is 0 Å². The van der Waals surface area contributed by atoms with Gasteiger partial charge in [0.25, 0.3) is 11.8 Å². The molecule has 0 N–H and O–H groups in total. The monoisotopic (exact) mass is 326 g/mol. The Morgan fingerprint density at radius 3 is 1.30 bits per heavy atom. The largest absolute Gasteiger partial charge is 0.369 e. The molecule has 0 aromatic heterocycles. The van der Waals surface area contributed by atoms with E-state index in [-0.39, 0.29) is 6.92 Å². The highest BCUT2D eigenvalue weighted by molar-refractivity contribution is 5.03. The maximum absolute atomic E-state index is 13.2. The van der Waals surface area contributed by atoms with Crippen LogP contribution in [0.15, 0.2) is 0 Å². The van der Waals surface area contributed by atoms with E-state index in [1.165, 1.54) is 0 Å². The van der Waals surface area contributed by atoms with Gasteiger partial charge in [0.2, 0.25) is 5.67 Å². The van der Waals surface area contributed by atoms with Gasteiger partial charge < -0.3 is 0 Å². The second-order valence-corrected chi connectivity index (χ2v) is 4.40. The van der Waals surface area contributed by atoms with Crippen LogP contribution in [0, 0.1) is 0 Å². The molecule has 0 bridgehead atoms. The van der Waals surface area contributed by atoms with Gasteiger partial charge in [0.1, 0.15) is 0 Å². The lowest BCUT2D eigenvalue weighted by Gasteiger charge is -2.37. The van der Waals surface area contributed by atoms with Crippen molar-refractivity contribution in [2.24, 2.45) is 0 Å². The molecule has 122 valence electrons. The zero-order valence-electron chi connectivity index (χ0n) is 9.94. The lowest BCUT2D eigenvalue weighted by atomic mass is 9.88. The Bertz CT molecular complexity index is 338. The number of halogens is 11. The van der Waals surface area contributed by atoms with E-state index in [1.807, 2.05) is 0 Å². The van der Waals surface area contributed by atoms with Crippen LogP contribution in [0.1, 0.15) is 20.3 Å². The SMILES string of the molecule is CC(F)(F)C(C)(F)C(F)(F)CC(F)(F)C(F)(F)C(F)F. The molecule has 0 saturated carbocycles. The van der Waals surface area contributed by atoms with Gasteiger partial charge in [-0.3, -0.25) is 0 Å². The normalized spacial score (nSPS) is 18.3. The minimum atomic E-state index is -6.21. The maximum Gasteiger partial charge on any atom is 0.369 e. The summed E-state index contributed by atoms with van der Waals surface area (Å²) in [7, 11) is 0. The van der Waals surface area contributed by atoms with E-state index in [0.717, 1.165) is 0 Å². The fourth-order valence-corrected chi connectivity index (χ4v) is 1.04. The molecule has 0 aromatic rings. The first-order valence-electron chi connectivity index (χ1n) is 4.88. The lowest BCUT2D eigenvalue weighted by Crippen LogP contribution is -2.58. The minimum absolute atomic E-state index is 0.385. The molecule has 1 atom stereocenters. The summed E-state index contributed by atoms with van der Waals surface area (Å²) in [5.41, 5.74) is -4.93. The Balaban J connectivity index is 5.50. The van der Waals surface area contributed by atoms with Crippen molar-refractivity contribution in [3.63, 3.8) is 0 Å². The highest BCUT2D eigenvalue weighted by Gasteiger charge is 2.72. The molecule has 0 saturated heterocycles. The van der Waals surface area contributed by atoms with Gasteiger partial charge in [-0.25, -0.2) is 30.7 Å². The molecule has 0 radical (unpaired) electrons. The molecule has 0 aliphatic heterocycles. The van der Waals surface area contributed by atoms with Crippen LogP contribution >= 0.6 is 0 Å². The summed E-state index contributed by atoms with van der Waals surface area (Å²) in [6.45, 7) is -0.867. The number of hydrogen-bond acceptors (Lipinski definition) is 0. The Labute approximate surface area is 105 Å². The van der Waals surface area contributed by atoms with Crippen molar-refractivity contribution in [3.8, 4) is 0 Å². The van der Waals surface area contributed by atoms with E-state index >= 15 is 0 Å². The van der Waals surface area contributed by atoms with E-state index in [4.69, 9.17) is 0 Å². The molecule has 0 amide bonds. The fraction of sp³-hybridized carbons (Fsp3) is 1.00. The molecule has 0 aliphatic carbocycles. The summed E-state index contributed by atoms with van der Waals surface area (Å²) in [5.74, 6) is -22.8. The number of rotatable bonds is 6. The summed E-state index contributed by atoms with van der Waals surface area (Å²) >= 11 is 0. The summed E-state index contributed by atoms with van der Waals surface area (Å²) in [5, 5.41) is 0. The van der Waals surface area contributed by atoms with Crippen molar-refractivity contribution < 1.29 is 48.3 Å². The lowest BCUT2D eigenvalue weighted by molar-refractivity contribution is -0.308. The van der Waals surface area contributed by atoms with E-state index in [9.17, 15) is 48.3 Å². The van der Waals surface area contributed by atoms with Crippen LogP contribution in [0.4, 0.5) is 48.3 Å². The first-order valence-corrected chi connectivity index (χ1v) is 4.88. The molecule has 0 rings (SSSR count). The van der Waals surface area contributed by atoms with Crippen LogP contribution in [-0.2, 0) is 0 Å². The Morgan fingerprint density at radius 2 is 1.05 bits per heavy atom. The van der Waals surface area contributed by atoms with Crippen molar-refractivity contribution in [1.29, 1.82) is 0 Å². The first kappa shape index (κ1) is 19.2. The van der Waals surface area contributed by atoms with Gasteiger partial charge in [0.05, 0.1) is 6.42 Å². The van der Waals surface area contributed by atoms with Gasteiger partial charge in [-0.15, -0.1) is 0 Å². The Hall–Kier alpha value is -0.770. The molecule has 0 aliphatic rings. The van der Waals surface area contributed by atoms with Crippen LogP contribution < -0.4 is 0 Å². The quantitative estimate of drug-likeness (QED) is 0.607. The Kier molecular flexibility index (Phi) is 4.71. The van der Waals surface area contributed by atoms with Gasteiger partial charge in [0.15, 0.2) is 0 Å². The third-order valence-corrected chi connectivity index (χ3v) is 2.72. The summed E-state index contributed by atoms with van der Waals surface area (Å²) in [4.78, 5) is 0. The van der Waals surface area contributed by atoms with Crippen molar-refractivity contribution in [2.75, 3.05) is 0 Å². The van der Waals surface area contributed by atoms with Crippen LogP contribution in [0.5, 0.6) is 0 Å². The third kappa shape index (κ3) is 3.11. The summed E-state index contributed by atoms with van der Waals surface area (Å²) in [6.07, 6.45) is -8.52. The van der Waals surface area contributed by atoms with Gasteiger partial charge in [-0.05, 0) is 6.92 Å². The highest BCUT2D eigenvalue weighted by Crippen LogP contribution is 2.52. The van der Waals surface area contributed by atoms with Gasteiger partial charge >= 0.3 is 18.3 Å². The van der Waals surface area contributed by atoms with Crippen LogP contribution in [0.25, 0.3) is 0 Å². The van der Waals surface area contributed by atoms with Gasteiger partial charge in [0, 0.05) is 6.92 Å². The molecular formula is C9H9F11. The van der Waals surface area contributed by atoms with Crippen molar-refractivity contribution in [3.05, 3.63) is 0 Å². The number of hydrogen-bond donors (Lipinski definition) is 0. The molecular weight excluding hydrogens is 317 g/mol. The van der Waals surface area contributed by atoms with Crippen molar-refractivity contribution >= 4 is 0 Å². The van der Waals surface area contributed by atoms with Gasteiger partial charge in [-0.2, -0.15) is 17.6 Å². The highest BCUT2D eigenvalue weighted by atomic mass is 19.3. The third-order valence-electron chi connectivity index (χ3n) is 2.72. The van der Waals surface area contributed by atoms with Crippen LogP contribution in [-0.4, -0.2) is 35.8 Å². The Morgan fingerprint density at radius 1 is 0.700 bits per heavy atom. The van der Waals surface area contributed by atoms with Crippen LogP contribution in [0.2, 0.25) is 0 Å². The predicted octanol–water partition coefficient (Wildman–Crippen LogP) is 4.93. The smallest absolute Gasteiger partial charge is 0.231 e. The second kappa shape index (κ2) is 4.90. The zero-order valence-corrected chi connectivity index (χ0v) is 9.94. The minimum Gasteiger partial charge on any atom is -0.231 e.